The van der Waals surface area contributed by atoms with E-state index in [4.69, 9.17) is 16.3 Å². The third-order valence-electron chi connectivity index (χ3n) is 5.28. The molecule has 0 aromatic heterocycles. The van der Waals surface area contributed by atoms with Crippen molar-refractivity contribution in [3.63, 3.8) is 0 Å². The van der Waals surface area contributed by atoms with Crippen LogP contribution in [0.15, 0.2) is 18.2 Å². The van der Waals surface area contributed by atoms with Crippen LogP contribution in [-0.2, 0) is 6.54 Å². The van der Waals surface area contributed by atoms with Crippen LogP contribution >= 0.6 is 11.6 Å². The Hall–Kier alpha value is -0.730. The largest absolute Gasteiger partial charge is 0.495 e. The summed E-state index contributed by atoms with van der Waals surface area (Å²) < 4.78 is 5.19. The molecule has 0 saturated heterocycles. The van der Waals surface area contributed by atoms with Crippen molar-refractivity contribution in [3.8, 4) is 5.75 Å². The summed E-state index contributed by atoms with van der Waals surface area (Å²) in [7, 11) is 1.65. The van der Waals surface area contributed by atoms with E-state index in [9.17, 15) is 0 Å². The number of rotatable bonds is 5. The average Bonchev–Trinajstić information content (AvgIpc) is 3.07. The molecule has 110 valence electrons. The van der Waals surface area contributed by atoms with Gasteiger partial charge in [-0.05, 0) is 61.6 Å². The first-order chi connectivity index (χ1) is 9.67. The average molecular weight is 294 g/mol. The molecule has 2 saturated carbocycles. The van der Waals surface area contributed by atoms with Crippen molar-refractivity contribution in [1.29, 1.82) is 0 Å². The summed E-state index contributed by atoms with van der Waals surface area (Å²) in [4.78, 5) is 0. The van der Waals surface area contributed by atoms with Gasteiger partial charge in [-0.2, -0.15) is 0 Å². The number of methoxy groups -OCH3 is 1. The lowest BCUT2D eigenvalue weighted by molar-refractivity contribution is 0.259. The van der Waals surface area contributed by atoms with Crippen LogP contribution < -0.4 is 10.1 Å². The third-order valence-corrected chi connectivity index (χ3v) is 5.57. The number of hydrogen-bond acceptors (Lipinski definition) is 2. The van der Waals surface area contributed by atoms with Gasteiger partial charge < -0.3 is 10.1 Å². The molecule has 0 heterocycles. The van der Waals surface area contributed by atoms with E-state index in [1.807, 2.05) is 12.1 Å². The van der Waals surface area contributed by atoms with Crippen molar-refractivity contribution in [2.75, 3.05) is 7.11 Å². The van der Waals surface area contributed by atoms with Crippen LogP contribution in [0.25, 0.3) is 0 Å². The fraction of sp³-hybridized carbons (Fsp3) is 0.647. The zero-order chi connectivity index (χ0) is 14.1. The Kier molecular flexibility index (Phi) is 4.23. The molecule has 4 unspecified atom stereocenters. The van der Waals surface area contributed by atoms with Gasteiger partial charge in [0.1, 0.15) is 5.75 Å². The lowest BCUT2D eigenvalue weighted by atomic mass is 9.84. The molecule has 20 heavy (non-hydrogen) atoms. The van der Waals surface area contributed by atoms with Gasteiger partial charge >= 0.3 is 0 Å². The van der Waals surface area contributed by atoms with Crippen molar-refractivity contribution in [2.45, 2.75) is 45.2 Å². The van der Waals surface area contributed by atoms with Gasteiger partial charge in [0.2, 0.25) is 0 Å². The summed E-state index contributed by atoms with van der Waals surface area (Å²) in [6.45, 7) is 3.23. The molecule has 3 rings (SSSR count). The molecule has 0 spiro atoms. The maximum atomic E-state index is 6.17. The highest BCUT2D eigenvalue weighted by molar-refractivity contribution is 6.32. The molecule has 4 atom stereocenters. The van der Waals surface area contributed by atoms with Gasteiger partial charge in [-0.25, -0.2) is 0 Å². The molecule has 1 aromatic carbocycles. The molecule has 2 fully saturated rings. The summed E-state index contributed by atoms with van der Waals surface area (Å²) in [5.41, 5.74) is 1.23. The molecule has 2 bridgehead atoms. The smallest absolute Gasteiger partial charge is 0.137 e. The standard InChI is InChI=1S/C17H24ClNO/c1-11(15-8-12-3-5-14(15)7-12)19-10-13-4-6-17(20-2)16(18)9-13/h4,6,9,11-12,14-15,19H,3,5,7-8,10H2,1-2H3. The monoisotopic (exact) mass is 293 g/mol. The first kappa shape index (κ1) is 14.2. The number of nitrogens with one attached hydrogen (secondary N) is 1. The van der Waals surface area contributed by atoms with Gasteiger partial charge in [0.25, 0.3) is 0 Å². The van der Waals surface area contributed by atoms with Crippen LogP contribution in [0.2, 0.25) is 5.02 Å². The quantitative estimate of drug-likeness (QED) is 0.876. The first-order valence-corrected chi connectivity index (χ1v) is 8.11. The Morgan fingerprint density at radius 3 is 2.80 bits per heavy atom. The van der Waals surface area contributed by atoms with E-state index in [0.29, 0.717) is 11.1 Å². The lowest BCUT2D eigenvalue weighted by Crippen LogP contribution is -2.35. The van der Waals surface area contributed by atoms with E-state index in [0.717, 1.165) is 30.0 Å². The normalized spacial score (nSPS) is 29.6. The van der Waals surface area contributed by atoms with E-state index in [2.05, 4.69) is 18.3 Å². The zero-order valence-electron chi connectivity index (χ0n) is 12.4. The Bertz CT molecular complexity index is 476. The Morgan fingerprint density at radius 2 is 2.20 bits per heavy atom. The summed E-state index contributed by atoms with van der Waals surface area (Å²) in [6, 6.07) is 6.64. The first-order valence-electron chi connectivity index (χ1n) is 7.73. The molecule has 1 N–H and O–H groups in total. The minimum atomic E-state index is 0.603. The maximum Gasteiger partial charge on any atom is 0.137 e. The Labute approximate surface area is 126 Å². The Balaban J connectivity index is 1.55. The summed E-state index contributed by atoms with van der Waals surface area (Å²) in [5.74, 6) is 3.62. The topological polar surface area (TPSA) is 21.3 Å². The molecular formula is C17H24ClNO. The molecule has 2 nitrogen and oxygen atoms in total. The Morgan fingerprint density at radius 1 is 1.35 bits per heavy atom. The number of hydrogen-bond donors (Lipinski definition) is 1. The molecule has 2 aliphatic carbocycles. The van der Waals surface area contributed by atoms with E-state index in [-0.39, 0.29) is 0 Å². The lowest BCUT2D eigenvalue weighted by Gasteiger charge is -2.28. The van der Waals surface area contributed by atoms with Gasteiger partial charge in [-0.1, -0.05) is 24.1 Å². The molecule has 0 aliphatic heterocycles. The fourth-order valence-electron chi connectivity index (χ4n) is 4.16. The van der Waals surface area contributed by atoms with Crippen LogP contribution in [0.5, 0.6) is 5.75 Å². The number of ether oxygens (including phenoxy) is 1. The van der Waals surface area contributed by atoms with E-state index in [1.165, 1.54) is 31.2 Å². The second kappa shape index (κ2) is 5.95. The fourth-order valence-corrected chi connectivity index (χ4v) is 4.44. The minimum absolute atomic E-state index is 0.603. The van der Waals surface area contributed by atoms with E-state index < -0.39 is 0 Å². The third kappa shape index (κ3) is 2.82. The highest BCUT2D eigenvalue weighted by Gasteiger charge is 2.41. The summed E-state index contributed by atoms with van der Waals surface area (Å²) in [5, 5.41) is 4.38. The van der Waals surface area contributed by atoms with Gasteiger partial charge in [0.05, 0.1) is 12.1 Å². The van der Waals surface area contributed by atoms with Crippen LogP contribution in [0.3, 0.4) is 0 Å². The summed E-state index contributed by atoms with van der Waals surface area (Å²) >= 11 is 6.17. The number of benzene rings is 1. The van der Waals surface area contributed by atoms with Crippen molar-refractivity contribution in [2.24, 2.45) is 17.8 Å². The second-order valence-electron chi connectivity index (χ2n) is 6.48. The van der Waals surface area contributed by atoms with E-state index in [1.54, 1.807) is 7.11 Å². The highest BCUT2D eigenvalue weighted by atomic mass is 35.5. The van der Waals surface area contributed by atoms with Crippen LogP contribution in [-0.4, -0.2) is 13.2 Å². The van der Waals surface area contributed by atoms with Gasteiger partial charge in [-0.15, -0.1) is 0 Å². The molecule has 2 aliphatic rings. The zero-order valence-corrected chi connectivity index (χ0v) is 13.1. The molecule has 0 radical (unpaired) electrons. The van der Waals surface area contributed by atoms with Crippen molar-refractivity contribution >= 4 is 11.6 Å². The number of fused-ring (bicyclic) bond motifs is 2. The van der Waals surface area contributed by atoms with Gasteiger partial charge in [0, 0.05) is 12.6 Å². The predicted octanol–water partition coefficient (Wildman–Crippen LogP) is 4.26. The maximum absolute atomic E-state index is 6.17. The molecular weight excluding hydrogens is 270 g/mol. The van der Waals surface area contributed by atoms with E-state index >= 15 is 0 Å². The second-order valence-corrected chi connectivity index (χ2v) is 6.88. The minimum Gasteiger partial charge on any atom is -0.495 e. The van der Waals surface area contributed by atoms with Crippen molar-refractivity contribution in [3.05, 3.63) is 28.8 Å². The van der Waals surface area contributed by atoms with Gasteiger partial charge in [-0.3, -0.25) is 0 Å². The molecule has 1 aromatic rings. The van der Waals surface area contributed by atoms with Crippen molar-refractivity contribution < 1.29 is 4.74 Å². The van der Waals surface area contributed by atoms with Crippen LogP contribution in [0.1, 0.15) is 38.2 Å². The number of halogens is 1. The summed E-state index contributed by atoms with van der Waals surface area (Å²) in [6.07, 6.45) is 5.84. The molecule has 0 amide bonds. The highest BCUT2D eigenvalue weighted by Crippen LogP contribution is 2.49. The van der Waals surface area contributed by atoms with Crippen LogP contribution in [0.4, 0.5) is 0 Å². The molecule has 3 heteroatoms. The van der Waals surface area contributed by atoms with Gasteiger partial charge in [0.15, 0.2) is 0 Å². The predicted molar refractivity (Wildman–Crippen MR) is 83.2 cm³/mol. The SMILES string of the molecule is COc1ccc(CNC(C)C2CC3CCC2C3)cc1Cl. The van der Waals surface area contributed by atoms with Crippen molar-refractivity contribution in [1.82, 2.24) is 5.32 Å². The van der Waals surface area contributed by atoms with Crippen LogP contribution in [0, 0.1) is 17.8 Å².